The average molecular weight is 370 g/mol. The van der Waals surface area contributed by atoms with Crippen LogP contribution in [0.15, 0.2) is 28.7 Å². The van der Waals surface area contributed by atoms with Gasteiger partial charge in [-0.25, -0.2) is 4.98 Å². The highest BCUT2D eigenvalue weighted by molar-refractivity contribution is 5.98. The first-order valence-corrected chi connectivity index (χ1v) is 10.3. The van der Waals surface area contributed by atoms with Crippen LogP contribution in [-0.2, 0) is 4.79 Å². The maximum Gasteiger partial charge on any atom is 0.264 e. The number of amides is 1. The van der Waals surface area contributed by atoms with Gasteiger partial charge in [0.15, 0.2) is 5.58 Å². The lowest BCUT2D eigenvalue weighted by Crippen LogP contribution is -2.36. The van der Waals surface area contributed by atoms with E-state index in [4.69, 9.17) is 10.2 Å². The van der Waals surface area contributed by atoms with Gasteiger partial charge in [-0.1, -0.05) is 64.0 Å². The number of para-hydroxylation sites is 2. The number of ketones is 1. The first kappa shape index (κ1) is 19.6. The molecule has 1 aromatic heterocycles. The summed E-state index contributed by atoms with van der Waals surface area (Å²) in [6.45, 7) is 2.08. The molecule has 1 aliphatic carbocycles. The van der Waals surface area contributed by atoms with E-state index in [0.717, 1.165) is 25.7 Å². The van der Waals surface area contributed by atoms with Crippen molar-refractivity contribution in [1.82, 2.24) is 4.98 Å². The number of nitrogens with two attached hydrogens (primary N) is 1. The molecule has 5 nitrogen and oxygen atoms in total. The molecular formula is C22H30N2O3. The van der Waals surface area contributed by atoms with E-state index < -0.39 is 11.8 Å². The van der Waals surface area contributed by atoms with Crippen LogP contribution in [0.5, 0.6) is 0 Å². The fraction of sp³-hybridized carbons (Fsp3) is 0.591. The third-order valence-corrected chi connectivity index (χ3v) is 5.87. The van der Waals surface area contributed by atoms with Gasteiger partial charge < -0.3 is 10.2 Å². The Morgan fingerprint density at radius 3 is 2.59 bits per heavy atom. The maximum atomic E-state index is 13.2. The first-order chi connectivity index (χ1) is 13.1. The zero-order valence-electron chi connectivity index (χ0n) is 16.2. The molecule has 1 fully saturated rings. The third kappa shape index (κ3) is 4.76. The van der Waals surface area contributed by atoms with E-state index in [-0.39, 0.29) is 17.6 Å². The van der Waals surface area contributed by atoms with Crippen molar-refractivity contribution in [1.29, 1.82) is 0 Å². The number of fused-ring (bicyclic) bond motifs is 1. The smallest absolute Gasteiger partial charge is 0.264 e. The van der Waals surface area contributed by atoms with Crippen molar-refractivity contribution in [3.63, 3.8) is 0 Å². The van der Waals surface area contributed by atoms with E-state index in [1.807, 2.05) is 18.2 Å². The summed E-state index contributed by atoms with van der Waals surface area (Å²) in [5.74, 6) is -0.853. The molecule has 0 spiro atoms. The number of carbonyl (C=O) groups is 2. The molecule has 1 amide bonds. The van der Waals surface area contributed by atoms with E-state index in [2.05, 4.69) is 11.9 Å². The van der Waals surface area contributed by atoms with Crippen LogP contribution < -0.4 is 5.73 Å². The number of hydrogen-bond acceptors (Lipinski definition) is 4. The molecule has 0 saturated heterocycles. The second-order valence-corrected chi connectivity index (χ2v) is 7.85. The molecule has 0 bridgehead atoms. The average Bonchev–Trinajstić information content (AvgIpc) is 3.12. The summed E-state index contributed by atoms with van der Waals surface area (Å²) in [5.41, 5.74) is 7.04. The van der Waals surface area contributed by atoms with Gasteiger partial charge in [0.05, 0.1) is 0 Å². The second kappa shape index (κ2) is 9.16. The van der Waals surface area contributed by atoms with E-state index in [1.165, 1.54) is 19.3 Å². The molecule has 2 atom stereocenters. The van der Waals surface area contributed by atoms with Crippen molar-refractivity contribution in [3.8, 4) is 0 Å². The number of hydrogen-bond donors (Lipinski definition) is 1. The molecule has 1 heterocycles. The van der Waals surface area contributed by atoms with Crippen LogP contribution >= 0.6 is 0 Å². The molecule has 27 heavy (non-hydrogen) atoms. The Bertz CT molecular complexity index is 744. The summed E-state index contributed by atoms with van der Waals surface area (Å²) in [6, 6.07) is 7.34. The number of primary amides is 1. The number of rotatable bonds is 9. The fourth-order valence-electron chi connectivity index (χ4n) is 4.34. The van der Waals surface area contributed by atoms with Gasteiger partial charge in [0.1, 0.15) is 5.52 Å². The lowest BCUT2D eigenvalue weighted by Gasteiger charge is -2.29. The highest BCUT2D eigenvalue weighted by Crippen LogP contribution is 2.34. The highest BCUT2D eigenvalue weighted by atomic mass is 16.4. The van der Waals surface area contributed by atoms with Gasteiger partial charge in [-0.3, -0.25) is 9.59 Å². The number of oxazole rings is 1. The Kier molecular flexibility index (Phi) is 6.64. The molecule has 2 aromatic rings. The lowest BCUT2D eigenvalue weighted by molar-refractivity contribution is -0.123. The molecular weight excluding hydrogens is 340 g/mol. The molecule has 146 valence electrons. The van der Waals surface area contributed by atoms with Gasteiger partial charge in [-0.05, 0) is 30.9 Å². The Balaban J connectivity index is 1.84. The van der Waals surface area contributed by atoms with Crippen LogP contribution in [0.3, 0.4) is 0 Å². The molecule has 2 N–H and O–H groups in total. The SMILES string of the molecule is CCCC[C@H](C(=O)c1nc2ccccc2o1)C(CC1CCCCC1)C(N)=O. The summed E-state index contributed by atoms with van der Waals surface area (Å²) >= 11 is 0. The van der Waals surface area contributed by atoms with Gasteiger partial charge >= 0.3 is 0 Å². The zero-order chi connectivity index (χ0) is 19.2. The van der Waals surface area contributed by atoms with Crippen molar-refractivity contribution < 1.29 is 14.0 Å². The molecule has 1 aromatic carbocycles. The minimum absolute atomic E-state index is 0.104. The van der Waals surface area contributed by atoms with Crippen molar-refractivity contribution >= 4 is 22.8 Å². The predicted molar refractivity (Wildman–Crippen MR) is 105 cm³/mol. The van der Waals surface area contributed by atoms with Gasteiger partial charge in [0.2, 0.25) is 11.7 Å². The lowest BCUT2D eigenvalue weighted by atomic mass is 9.75. The van der Waals surface area contributed by atoms with Gasteiger partial charge in [0, 0.05) is 11.8 Å². The number of benzene rings is 1. The Hall–Kier alpha value is -2.17. The fourth-order valence-corrected chi connectivity index (χ4v) is 4.34. The highest BCUT2D eigenvalue weighted by Gasteiger charge is 2.36. The first-order valence-electron chi connectivity index (χ1n) is 10.3. The Morgan fingerprint density at radius 2 is 1.93 bits per heavy atom. The predicted octanol–water partition coefficient (Wildman–Crippen LogP) is 4.89. The summed E-state index contributed by atoms with van der Waals surface area (Å²) in [4.78, 5) is 29.9. The molecule has 0 radical (unpaired) electrons. The van der Waals surface area contributed by atoms with Crippen molar-refractivity contribution in [2.24, 2.45) is 23.5 Å². The van der Waals surface area contributed by atoms with Gasteiger partial charge in [0.25, 0.3) is 5.89 Å². The van der Waals surface area contributed by atoms with Crippen molar-refractivity contribution in [2.45, 2.75) is 64.7 Å². The van der Waals surface area contributed by atoms with Gasteiger partial charge in [-0.15, -0.1) is 0 Å². The van der Waals surface area contributed by atoms with Crippen LogP contribution in [0.25, 0.3) is 11.1 Å². The molecule has 1 unspecified atom stereocenters. The summed E-state index contributed by atoms with van der Waals surface area (Å²) in [7, 11) is 0. The van der Waals surface area contributed by atoms with Crippen LogP contribution in [-0.4, -0.2) is 16.7 Å². The Labute approximate surface area is 160 Å². The monoisotopic (exact) mass is 370 g/mol. The summed E-state index contributed by atoms with van der Waals surface area (Å²) < 4.78 is 5.70. The number of aromatic nitrogens is 1. The van der Waals surface area contributed by atoms with Crippen molar-refractivity contribution in [3.05, 3.63) is 30.2 Å². The molecule has 0 aliphatic heterocycles. The quantitative estimate of drug-likeness (QED) is 0.637. The van der Waals surface area contributed by atoms with Crippen LogP contribution in [0.2, 0.25) is 0 Å². The molecule has 1 aliphatic rings. The van der Waals surface area contributed by atoms with Crippen LogP contribution in [0.1, 0.15) is 75.4 Å². The van der Waals surface area contributed by atoms with E-state index >= 15 is 0 Å². The topological polar surface area (TPSA) is 86.2 Å². The second-order valence-electron chi connectivity index (χ2n) is 7.85. The number of unbranched alkanes of at least 4 members (excludes halogenated alkanes) is 1. The van der Waals surface area contributed by atoms with Crippen molar-refractivity contribution in [2.75, 3.05) is 0 Å². The summed E-state index contributed by atoms with van der Waals surface area (Å²) in [6.07, 6.45) is 9.12. The minimum atomic E-state index is -0.447. The van der Waals surface area contributed by atoms with E-state index in [1.54, 1.807) is 6.07 Å². The van der Waals surface area contributed by atoms with Crippen LogP contribution in [0.4, 0.5) is 0 Å². The number of carbonyl (C=O) groups excluding carboxylic acids is 2. The van der Waals surface area contributed by atoms with E-state index in [9.17, 15) is 9.59 Å². The molecule has 5 heteroatoms. The standard InChI is InChI=1S/C22H30N2O3/c1-2-3-11-16(17(21(23)26)14-15-9-5-4-6-10-15)20(25)22-24-18-12-7-8-13-19(18)27-22/h7-8,12-13,15-17H,2-6,9-11,14H2,1H3,(H2,23,26)/t16-,17?/m0/s1. The van der Waals surface area contributed by atoms with Crippen LogP contribution in [0, 0.1) is 17.8 Å². The normalized spacial score (nSPS) is 17.7. The third-order valence-electron chi connectivity index (χ3n) is 5.87. The minimum Gasteiger partial charge on any atom is -0.434 e. The number of nitrogens with zero attached hydrogens (tertiary/aromatic N) is 1. The Morgan fingerprint density at radius 1 is 1.19 bits per heavy atom. The molecule has 3 rings (SSSR count). The largest absolute Gasteiger partial charge is 0.434 e. The summed E-state index contributed by atoms with van der Waals surface area (Å²) in [5, 5.41) is 0. The molecule has 1 saturated carbocycles. The number of Topliss-reactive ketones (excluding diaryl/α,β-unsaturated/α-hetero) is 1. The zero-order valence-corrected chi connectivity index (χ0v) is 16.2. The van der Waals surface area contributed by atoms with E-state index in [0.29, 0.717) is 29.9 Å². The van der Waals surface area contributed by atoms with Gasteiger partial charge in [-0.2, -0.15) is 0 Å². The maximum absolute atomic E-state index is 13.2.